The first-order valence-electron chi connectivity index (χ1n) is 4.35. The smallest absolute Gasteiger partial charge is 0.147 e. The highest BCUT2D eigenvalue weighted by atomic mass is 35.5. The molecule has 0 spiro atoms. The number of halogens is 2. The average molecular weight is 243 g/mol. The van der Waals surface area contributed by atoms with E-state index in [1.165, 1.54) is 17.4 Å². The quantitative estimate of drug-likeness (QED) is 0.755. The fraction of sp³-hybridized carbons (Fsp3) is 0.200. The predicted octanol–water partition coefficient (Wildman–Crippen LogP) is 3.39. The maximum absolute atomic E-state index is 13.3. The summed E-state index contributed by atoms with van der Waals surface area (Å²) in [7, 11) is 0. The third-order valence-corrected chi connectivity index (χ3v) is 3.38. The molecule has 0 atom stereocenters. The van der Waals surface area contributed by atoms with E-state index in [4.69, 9.17) is 11.6 Å². The molecule has 0 aliphatic heterocycles. The van der Waals surface area contributed by atoms with Crippen molar-refractivity contribution in [1.29, 1.82) is 0 Å². The van der Waals surface area contributed by atoms with Crippen molar-refractivity contribution in [2.75, 3.05) is 0 Å². The Kier molecular flexibility index (Phi) is 2.98. The highest BCUT2D eigenvalue weighted by molar-refractivity contribution is 7.14. The van der Waals surface area contributed by atoms with Crippen molar-refractivity contribution >= 4 is 22.9 Å². The molecule has 5 heteroatoms. The summed E-state index contributed by atoms with van der Waals surface area (Å²) in [6, 6.07) is 5.03. The summed E-state index contributed by atoms with van der Waals surface area (Å²) >= 11 is 7.00. The number of nitrogens with zero attached hydrogens (tertiary/aromatic N) is 2. The largest absolute Gasteiger partial charge is 0.207 e. The van der Waals surface area contributed by atoms with Crippen molar-refractivity contribution < 1.29 is 4.39 Å². The lowest BCUT2D eigenvalue weighted by atomic mass is 10.1. The van der Waals surface area contributed by atoms with Crippen LogP contribution in [0.1, 0.15) is 10.6 Å². The molecule has 0 N–H and O–H groups in total. The summed E-state index contributed by atoms with van der Waals surface area (Å²) in [4.78, 5) is 0. The molecule has 15 heavy (non-hydrogen) atoms. The van der Waals surface area contributed by atoms with Crippen LogP contribution in [0.2, 0.25) is 0 Å². The second-order valence-electron chi connectivity index (χ2n) is 3.10. The molecule has 1 heterocycles. The first-order chi connectivity index (χ1) is 7.20. The van der Waals surface area contributed by atoms with E-state index >= 15 is 0 Å². The van der Waals surface area contributed by atoms with Gasteiger partial charge in [-0.2, -0.15) is 0 Å². The van der Waals surface area contributed by atoms with Crippen LogP contribution in [-0.2, 0) is 5.88 Å². The van der Waals surface area contributed by atoms with Crippen molar-refractivity contribution in [3.05, 3.63) is 34.6 Å². The number of rotatable bonds is 2. The average Bonchev–Trinajstić information content (AvgIpc) is 2.70. The van der Waals surface area contributed by atoms with E-state index in [0.717, 1.165) is 10.6 Å². The monoisotopic (exact) mass is 242 g/mol. The Balaban J connectivity index is 2.40. The minimum atomic E-state index is -0.227. The normalized spacial score (nSPS) is 10.6. The van der Waals surface area contributed by atoms with Crippen LogP contribution >= 0.6 is 22.9 Å². The van der Waals surface area contributed by atoms with E-state index in [9.17, 15) is 4.39 Å². The summed E-state index contributed by atoms with van der Waals surface area (Å²) in [6.07, 6.45) is 0. The molecule has 2 aromatic rings. The SMILES string of the molecule is Cc1ccc(-c2nnc(CCl)s2)cc1F. The topological polar surface area (TPSA) is 25.8 Å². The van der Waals surface area contributed by atoms with Crippen molar-refractivity contribution in [1.82, 2.24) is 10.2 Å². The van der Waals surface area contributed by atoms with Gasteiger partial charge in [-0.15, -0.1) is 21.8 Å². The zero-order chi connectivity index (χ0) is 10.8. The van der Waals surface area contributed by atoms with Gasteiger partial charge in [-0.05, 0) is 18.6 Å². The number of hydrogen-bond donors (Lipinski definition) is 0. The number of alkyl halides is 1. The highest BCUT2D eigenvalue weighted by Crippen LogP contribution is 2.25. The lowest BCUT2D eigenvalue weighted by Crippen LogP contribution is -1.83. The van der Waals surface area contributed by atoms with Gasteiger partial charge < -0.3 is 0 Å². The molecule has 0 radical (unpaired) electrons. The molecule has 78 valence electrons. The molecule has 0 aliphatic carbocycles. The lowest BCUT2D eigenvalue weighted by Gasteiger charge is -1.98. The van der Waals surface area contributed by atoms with Gasteiger partial charge in [0.1, 0.15) is 15.8 Å². The highest BCUT2D eigenvalue weighted by Gasteiger charge is 2.07. The van der Waals surface area contributed by atoms with Gasteiger partial charge in [-0.3, -0.25) is 0 Å². The van der Waals surface area contributed by atoms with E-state index in [1.54, 1.807) is 13.0 Å². The number of benzene rings is 1. The summed E-state index contributed by atoms with van der Waals surface area (Å²) in [6.45, 7) is 1.73. The van der Waals surface area contributed by atoms with E-state index < -0.39 is 0 Å². The molecular weight excluding hydrogens is 235 g/mol. The van der Waals surface area contributed by atoms with Gasteiger partial charge in [-0.1, -0.05) is 23.5 Å². The minimum absolute atomic E-state index is 0.227. The number of aromatic nitrogens is 2. The van der Waals surface area contributed by atoms with Gasteiger partial charge >= 0.3 is 0 Å². The van der Waals surface area contributed by atoms with E-state index in [1.807, 2.05) is 6.07 Å². The number of aryl methyl sites for hydroxylation is 1. The molecule has 0 unspecified atom stereocenters. The summed E-state index contributed by atoms with van der Waals surface area (Å²) in [5, 5.41) is 9.26. The van der Waals surface area contributed by atoms with Gasteiger partial charge in [0.05, 0.1) is 5.88 Å². The molecule has 1 aromatic carbocycles. The Bertz CT molecular complexity index is 484. The van der Waals surface area contributed by atoms with Gasteiger partial charge in [0.2, 0.25) is 0 Å². The van der Waals surface area contributed by atoms with Gasteiger partial charge in [0, 0.05) is 5.56 Å². The van der Waals surface area contributed by atoms with Crippen LogP contribution in [0.15, 0.2) is 18.2 Å². The Morgan fingerprint density at radius 3 is 2.80 bits per heavy atom. The molecule has 0 saturated heterocycles. The molecule has 1 aromatic heterocycles. The van der Waals surface area contributed by atoms with Crippen molar-refractivity contribution in [2.24, 2.45) is 0 Å². The zero-order valence-corrected chi connectivity index (χ0v) is 9.57. The molecule has 0 fully saturated rings. The first-order valence-corrected chi connectivity index (χ1v) is 5.70. The fourth-order valence-electron chi connectivity index (χ4n) is 1.15. The van der Waals surface area contributed by atoms with Crippen LogP contribution in [0.3, 0.4) is 0 Å². The lowest BCUT2D eigenvalue weighted by molar-refractivity contribution is 0.619. The van der Waals surface area contributed by atoms with Crippen LogP contribution in [0, 0.1) is 12.7 Å². The van der Waals surface area contributed by atoms with Crippen LogP contribution in [-0.4, -0.2) is 10.2 Å². The maximum atomic E-state index is 13.3. The molecular formula is C10H8ClFN2S. The van der Waals surface area contributed by atoms with Crippen molar-refractivity contribution in [3.8, 4) is 10.6 Å². The van der Waals surface area contributed by atoms with E-state index in [-0.39, 0.29) is 5.82 Å². The van der Waals surface area contributed by atoms with Gasteiger partial charge in [0.15, 0.2) is 0 Å². The second kappa shape index (κ2) is 4.24. The van der Waals surface area contributed by atoms with Crippen LogP contribution in [0.25, 0.3) is 10.6 Å². The summed E-state index contributed by atoms with van der Waals surface area (Å²) in [5.74, 6) is 0.113. The molecule has 0 saturated carbocycles. The van der Waals surface area contributed by atoms with Gasteiger partial charge in [-0.25, -0.2) is 4.39 Å². The third kappa shape index (κ3) is 2.16. The molecule has 0 amide bonds. The maximum Gasteiger partial charge on any atom is 0.147 e. The number of hydrogen-bond acceptors (Lipinski definition) is 3. The Morgan fingerprint density at radius 1 is 1.40 bits per heavy atom. The molecule has 0 bridgehead atoms. The molecule has 2 rings (SSSR count). The third-order valence-electron chi connectivity index (χ3n) is 2.00. The van der Waals surface area contributed by atoms with Crippen molar-refractivity contribution in [3.63, 3.8) is 0 Å². The van der Waals surface area contributed by atoms with Gasteiger partial charge in [0.25, 0.3) is 0 Å². The minimum Gasteiger partial charge on any atom is -0.207 e. The second-order valence-corrected chi connectivity index (χ2v) is 4.43. The van der Waals surface area contributed by atoms with Crippen LogP contribution in [0.5, 0.6) is 0 Å². The molecule has 0 aliphatic rings. The Labute approximate surface area is 95.7 Å². The van der Waals surface area contributed by atoms with Crippen LogP contribution < -0.4 is 0 Å². The predicted molar refractivity (Wildman–Crippen MR) is 59.6 cm³/mol. The Hall–Kier alpha value is -1.00. The van der Waals surface area contributed by atoms with E-state index in [2.05, 4.69) is 10.2 Å². The molecule has 2 nitrogen and oxygen atoms in total. The fourth-order valence-corrected chi connectivity index (χ4v) is 2.05. The van der Waals surface area contributed by atoms with Crippen molar-refractivity contribution in [2.45, 2.75) is 12.8 Å². The standard InChI is InChI=1S/C10H8ClFN2S/c1-6-2-3-7(4-8(6)12)10-14-13-9(5-11)15-10/h2-4H,5H2,1H3. The van der Waals surface area contributed by atoms with E-state index in [0.29, 0.717) is 16.5 Å². The zero-order valence-electron chi connectivity index (χ0n) is 8.00. The van der Waals surface area contributed by atoms with Crippen LogP contribution in [0.4, 0.5) is 4.39 Å². The Morgan fingerprint density at radius 2 is 2.20 bits per heavy atom. The summed E-state index contributed by atoms with van der Waals surface area (Å²) < 4.78 is 13.3. The first kappa shape index (κ1) is 10.5. The summed E-state index contributed by atoms with van der Waals surface area (Å²) in [5.41, 5.74) is 1.37.